The second-order valence-electron chi connectivity index (χ2n) is 6.50. The van der Waals surface area contributed by atoms with E-state index in [9.17, 15) is 0 Å². The first kappa shape index (κ1) is 14.9. The summed E-state index contributed by atoms with van der Waals surface area (Å²) in [5.74, 6) is 1.93. The smallest absolute Gasteiger partial charge is 0.122 e. The van der Waals surface area contributed by atoms with E-state index in [0.717, 1.165) is 30.9 Å². The Balaban J connectivity index is 1.37. The molecule has 2 saturated heterocycles. The predicted molar refractivity (Wildman–Crippen MR) is 86.9 cm³/mol. The first-order chi connectivity index (χ1) is 10.3. The van der Waals surface area contributed by atoms with Crippen molar-refractivity contribution >= 4 is 0 Å². The molecule has 2 heterocycles. The SMILES string of the molecule is Cc1ccccc1OCCN1CCC(C2CCCN2)CC1. The number of nitrogens with one attached hydrogen (secondary N) is 1. The molecule has 0 bridgehead atoms. The molecule has 3 nitrogen and oxygen atoms in total. The molecule has 0 amide bonds. The maximum absolute atomic E-state index is 5.91. The van der Waals surface area contributed by atoms with Crippen molar-refractivity contribution in [2.75, 3.05) is 32.8 Å². The van der Waals surface area contributed by atoms with Crippen molar-refractivity contribution < 1.29 is 4.74 Å². The molecule has 0 aromatic heterocycles. The maximum atomic E-state index is 5.91. The number of hydrogen-bond donors (Lipinski definition) is 1. The topological polar surface area (TPSA) is 24.5 Å². The molecule has 3 heteroatoms. The molecule has 21 heavy (non-hydrogen) atoms. The molecule has 0 radical (unpaired) electrons. The summed E-state index contributed by atoms with van der Waals surface area (Å²) in [6.07, 6.45) is 5.46. The van der Waals surface area contributed by atoms with Crippen LogP contribution in [-0.2, 0) is 0 Å². The third-order valence-corrected chi connectivity index (χ3v) is 5.06. The standard InChI is InChI=1S/C18H28N2O/c1-15-5-2-3-7-18(15)21-14-13-20-11-8-16(9-12-20)17-6-4-10-19-17/h2-3,5,7,16-17,19H,4,6,8-14H2,1H3. The Bertz CT molecular complexity index is 435. The number of ether oxygens (including phenoxy) is 1. The molecule has 1 aromatic rings. The second kappa shape index (κ2) is 7.28. The first-order valence-corrected chi connectivity index (χ1v) is 8.47. The van der Waals surface area contributed by atoms with E-state index in [1.54, 1.807) is 0 Å². The molecule has 1 N–H and O–H groups in total. The minimum Gasteiger partial charge on any atom is -0.492 e. The van der Waals surface area contributed by atoms with Crippen LogP contribution in [0.15, 0.2) is 24.3 Å². The first-order valence-electron chi connectivity index (χ1n) is 8.47. The van der Waals surface area contributed by atoms with E-state index in [4.69, 9.17) is 4.74 Å². The lowest BCUT2D eigenvalue weighted by Gasteiger charge is -2.34. The van der Waals surface area contributed by atoms with Gasteiger partial charge in [0.15, 0.2) is 0 Å². The van der Waals surface area contributed by atoms with Gasteiger partial charge in [-0.2, -0.15) is 0 Å². The largest absolute Gasteiger partial charge is 0.492 e. The molecular formula is C18H28N2O. The minimum absolute atomic E-state index is 0.801. The lowest BCUT2D eigenvalue weighted by atomic mass is 9.88. The Labute approximate surface area is 128 Å². The van der Waals surface area contributed by atoms with Gasteiger partial charge in [-0.1, -0.05) is 18.2 Å². The predicted octanol–water partition coefficient (Wildman–Crippen LogP) is 2.84. The van der Waals surface area contributed by atoms with Gasteiger partial charge >= 0.3 is 0 Å². The average molecular weight is 288 g/mol. The highest BCUT2D eigenvalue weighted by Crippen LogP contribution is 2.25. The molecule has 3 rings (SSSR count). The Hall–Kier alpha value is -1.06. The molecule has 116 valence electrons. The third-order valence-electron chi connectivity index (χ3n) is 5.06. The van der Waals surface area contributed by atoms with E-state index in [1.165, 1.54) is 50.9 Å². The van der Waals surface area contributed by atoms with E-state index in [-0.39, 0.29) is 0 Å². The zero-order valence-electron chi connectivity index (χ0n) is 13.2. The highest BCUT2D eigenvalue weighted by Gasteiger charge is 2.28. The van der Waals surface area contributed by atoms with Crippen LogP contribution in [0.3, 0.4) is 0 Å². The average Bonchev–Trinajstić information content (AvgIpc) is 3.04. The molecule has 1 atom stereocenters. The van der Waals surface area contributed by atoms with Gasteiger partial charge in [0.25, 0.3) is 0 Å². The lowest BCUT2D eigenvalue weighted by molar-refractivity contribution is 0.141. The minimum atomic E-state index is 0.801. The van der Waals surface area contributed by atoms with Crippen molar-refractivity contribution in [1.29, 1.82) is 0 Å². The van der Waals surface area contributed by atoms with E-state index in [1.807, 2.05) is 6.07 Å². The Morgan fingerprint density at radius 3 is 2.71 bits per heavy atom. The van der Waals surface area contributed by atoms with Crippen LogP contribution in [-0.4, -0.2) is 43.7 Å². The van der Waals surface area contributed by atoms with E-state index in [0.29, 0.717) is 0 Å². The second-order valence-corrected chi connectivity index (χ2v) is 6.50. The summed E-state index contributed by atoms with van der Waals surface area (Å²) >= 11 is 0. The van der Waals surface area contributed by atoms with E-state index in [2.05, 4.69) is 35.3 Å². The Morgan fingerprint density at radius 2 is 2.00 bits per heavy atom. The number of para-hydroxylation sites is 1. The highest BCUT2D eigenvalue weighted by molar-refractivity contribution is 5.31. The number of hydrogen-bond acceptors (Lipinski definition) is 3. The Morgan fingerprint density at radius 1 is 1.19 bits per heavy atom. The van der Waals surface area contributed by atoms with Gasteiger partial charge < -0.3 is 10.1 Å². The summed E-state index contributed by atoms with van der Waals surface area (Å²) in [5, 5.41) is 3.67. The van der Waals surface area contributed by atoms with Gasteiger partial charge in [0.1, 0.15) is 12.4 Å². The molecule has 0 aliphatic carbocycles. The van der Waals surface area contributed by atoms with Crippen LogP contribution >= 0.6 is 0 Å². The monoisotopic (exact) mass is 288 g/mol. The molecule has 0 spiro atoms. The number of benzene rings is 1. The summed E-state index contributed by atoms with van der Waals surface area (Å²) in [6, 6.07) is 9.07. The maximum Gasteiger partial charge on any atom is 0.122 e. The summed E-state index contributed by atoms with van der Waals surface area (Å²) in [6.45, 7) is 7.67. The van der Waals surface area contributed by atoms with Crippen LogP contribution in [0.5, 0.6) is 5.75 Å². The van der Waals surface area contributed by atoms with Crippen LogP contribution in [0.2, 0.25) is 0 Å². The fraction of sp³-hybridized carbons (Fsp3) is 0.667. The van der Waals surface area contributed by atoms with Gasteiger partial charge in [-0.05, 0) is 69.8 Å². The summed E-state index contributed by atoms with van der Waals surface area (Å²) < 4.78 is 5.91. The van der Waals surface area contributed by atoms with Crippen molar-refractivity contribution in [2.45, 2.75) is 38.6 Å². The van der Waals surface area contributed by atoms with Crippen LogP contribution in [0.4, 0.5) is 0 Å². The van der Waals surface area contributed by atoms with E-state index < -0.39 is 0 Å². The number of piperidine rings is 1. The number of nitrogens with zero attached hydrogens (tertiary/aromatic N) is 1. The zero-order valence-corrected chi connectivity index (χ0v) is 13.2. The fourth-order valence-corrected chi connectivity index (χ4v) is 3.70. The van der Waals surface area contributed by atoms with Gasteiger partial charge in [0, 0.05) is 12.6 Å². The van der Waals surface area contributed by atoms with Gasteiger partial charge in [-0.15, -0.1) is 0 Å². The Kier molecular flexibility index (Phi) is 5.15. The van der Waals surface area contributed by atoms with E-state index >= 15 is 0 Å². The lowest BCUT2D eigenvalue weighted by Crippen LogP contribution is -2.42. The van der Waals surface area contributed by atoms with Gasteiger partial charge in [-0.3, -0.25) is 4.90 Å². The number of aryl methyl sites for hydroxylation is 1. The van der Waals surface area contributed by atoms with Crippen molar-refractivity contribution in [1.82, 2.24) is 10.2 Å². The zero-order chi connectivity index (χ0) is 14.5. The van der Waals surface area contributed by atoms with Crippen LogP contribution in [0.1, 0.15) is 31.2 Å². The van der Waals surface area contributed by atoms with Crippen molar-refractivity contribution in [3.8, 4) is 5.75 Å². The van der Waals surface area contributed by atoms with Crippen molar-refractivity contribution in [2.24, 2.45) is 5.92 Å². The molecule has 2 fully saturated rings. The highest BCUT2D eigenvalue weighted by atomic mass is 16.5. The quantitative estimate of drug-likeness (QED) is 0.901. The molecule has 0 saturated carbocycles. The number of likely N-dealkylation sites (tertiary alicyclic amines) is 1. The van der Waals surface area contributed by atoms with Crippen LogP contribution in [0, 0.1) is 12.8 Å². The molecule has 2 aliphatic rings. The fourth-order valence-electron chi connectivity index (χ4n) is 3.70. The summed E-state index contributed by atoms with van der Waals surface area (Å²) in [5.41, 5.74) is 1.23. The van der Waals surface area contributed by atoms with Crippen LogP contribution < -0.4 is 10.1 Å². The van der Waals surface area contributed by atoms with Gasteiger partial charge in [0.2, 0.25) is 0 Å². The number of rotatable bonds is 5. The summed E-state index contributed by atoms with van der Waals surface area (Å²) in [4.78, 5) is 2.56. The normalized spacial score (nSPS) is 24.3. The van der Waals surface area contributed by atoms with Crippen molar-refractivity contribution in [3.63, 3.8) is 0 Å². The van der Waals surface area contributed by atoms with Gasteiger partial charge in [0.05, 0.1) is 0 Å². The molecule has 1 aromatic carbocycles. The molecular weight excluding hydrogens is 260 g/mol. The van der Waals surface area contributed by atoms with Crippen molar-refractivity contribution in [3.05, 3.63) is 29.8 Å². The summed E-state index contributed by atoms with van der Waals surface area (Å²) in [7, 11) is 0. The van der Waals surface area contributed by atoms with Crippen LogP contribution in [0.25, 0.3) is 0 Å². The molecule has 2 aliphatic heterocycles. The molecule has 1 unspecified atom stereocenters. The third kappa shape index (κ3) is 3.98. The van der Waals surface area contributed by atoms with Gasteiger partial charge in [-0.25, -0.2) is 0 Å².